The molecule has 1 aliphatic heterocycles. The Balaban J connectivity index is 1.28. The summed E-state index contributed by atoms with van der Waals surface area (Å²) in [6.07, 6.45) is 8.03. The Morgan fingerprint density at radius 2 is 1.69 bits per heavy atom. The molecule has 1 aromatic carbocycles. The summed E-state index contributed by atoms with van der Waals surface area (Å²) in [6, 6.07) is 6.44. The van der Waals surface area contributed by atoms with Crippen LogP contribution in [0.1, 0.15) is 64.4 Å². The number of nitrogens with zero attached hydrogens (tertiary/aromatic N) is 1. The van der Waals surface area contributed by atoms with E-state index in [1.54, 1.807) is 24.3 Å². The van der Waals surface area contributed by atoms with Crippen LogP contribution in [0.4, 0.5) is 4.79 Å². The van der Waals surface area contributed by atoms with E-state index in [-0.39, 0.29) is 29.8 Å². The van der Waals surface area contributed by atoms with Crippen molar-refractivity contribution in [3.8, 4) is 0 Å². The molecule has 5 fully saturated rings. The fraction of sp³-hybridized carbons (Fsp3) is 0.640. The van der Waals surface area contributed by atoms with Crippen molar-refractivity contribution in [2.75, 3.05) is 6.54 Å². The van der Waals surface area contributed by atoms with Crippen LogP contribution >= 0.6 is 11.6 Å². The number of rotatable bonds is 6. The lowest BCUT2D eigenvalue weighted by molar-refractivity contribution is -0.136. The zero-order valence-electron chi connectivity index (χ0n) is 18.8. The van der Waals surface area contributed by atoms with Gasteiger partial charge in [-0.05, 0) is 92.7 Å². The zero-order valence-corrected chi connectivity index (χ0v) is 19.6. The molecule has 172 valence electrons. The van der Waals surface area contributed by atoms with E-state index in [0.717, 1.165) is 22.7 Å². The van der Waals surface area contributed by atoms with Gasteiger partial charge in [0.1, 0.15) is 12.1 Å². The monoisotopic (exact) mass is 457 g/mol. The van der Waals surface area contributed by atoms with Crippen LogP contribution in [0.3, 0.4) is 0 Å². The lowest BCUT2D eigenvalue weighted by atomic mass is 9.48. The number of carbonyl (C=O) groups excluding carboxylic acids is 3. The van der Waals surface area contributed by atoms with Gasteiger partial charge in [-0.1, -0.05) is 30.7 Å². The molecular weight excluding hydrogens is 426 g/mol. The smallest absolute Gasteiger partial charge is 0.325 e. The van der Waals surface area contributed by atoms with Crippen molar-refractivity contribution in [3.05, 3.63) is 34.9 Å². The van der Waals surface area contributed by atoms with E-state index in [0.29, 0.717) is 17.0 Å². The van der Waals surface area contributed by atoms with Crippen LogP contribution in [0.2, 0.25) is 5.02 Å². The lowest BCUT2D eigenvalue weighted by Gasteiger charge is -2.59. The summed E-state index contributed by atoms with van der Waals surface area (Å²) in [5.74, 6) is 1.76. The van der Waals surface area contributed by atoms with Gasteiger partial charge >= 0.3 is 6.03 Å². The molecule has 32 heavy (non-hydrogen) atoms. The Labute approximate surface area is 194 Å². The van der Waals surface area contributed by atoms with Crippen molar-refractivity contribution < 1.29 is 14.4 Å². The number of imide groups is 1. The molecule has 7 heteroatoms. The number of hydrogen-bond acceptors (Lipinski definition) is 3. The highest BCUT2D eigenvalue weighted by atomic mass is 35.5. The predicted molar refractivity (Wildman–Crippen MR) is 122 cm³/mol. The van der Waals surface area contributed by atoms with E-state index in [4.69, 9.17) is 11.6 Å². The maximum atomic E-state index is 13.3. The van der Waals surface area contributed by atoms with Crippen LogP contribution in [-0.2, 0) is 15.1 Å². The number of hydrogen-bond donors (Lipinski definition) is 2. The molecule has 1 heterocycles. The third-order valence-electron chi connectivity index (χ3n) is 8.73. The number of carbonyl (C=O) groups is 3. The molecular formula is C25H32ClN3O3. The first-order chi connectivity index (χ1) is 15.2. The highest BCUT2D eigenvalue weighted by Gasteiger charge is 2.54. The Morgan fingerprint density at radius 3 is 2.22 bits per heavy atom. The quantitative estimate of drug-likeness (QED) is 0.628. The fourth-order valence-corrected chi connectivity index (χ4v) is 7.56. The predicted octanol–water partition coefficient (Wildman–Crippen LogP) is 4.22. The van der Waals surface area contributed by atoms with Gasteiger partial charge in [-0.25, -0.2) is 4.79 Å². The number of halogens is 1. The average Bonchev–Trinajstić information content (AvgIpc) is 2.98. The summed E-state index contributed by atoms with van der Waals surface area (Å²) < 4.78 is 0. The topological polar surface area (TPSA) is 78.5 Å². The van der Waals surface area contributed by atoms with Gasteiger partial charge in [-0.3, -0.25) is 14.5 Å². The number of benzene rings is 1. The molecule has 6 rings (SSSR count). The second kappa shape index (κ2) is 7.75. The standard InChI is InChI=1S/C25H32ClN3O3/c1-3-25(19-4-6-20(26)7-5-19)22(31)29(23(32)28-25)14-21(30)27-15(2)24-11-16-8-17(12-24)10-18(9-16)13-24/h4-7,15-18H,3,8-14H2,1-2H3,(H,27,30)(H,28,32)/t15-,16?,17?,18?,24?,25+/m1/s1. The third-order valence-corrected chi connectivity index (χ3v) is 8.98. The molecule has 2 N–H and O–H groups in total. The van der Waals surface area contributed by atoms with Crippen molar-refractivity contribution in [1.29, 1.82) is 0 Å². The Kier molecular flexibility index (Phi) is 5.27. The SMILES string of the molecule is CC[C@@]1(c2ccc(Cl)cc2)NC(=O)N(CC(=O)N[C@H](C)C23CC4CC(CC(C4)C2)C3)C1=O. The van der Waals surface area contributed by atoms with Crippen molar-refractivity contribution >= 4 is 29.4 Å². The second-order valence-corrected chi connectivity index (χ2v) is 11.1. The molecule has 4 aliphatic carbocycles. The highest BCUT2D eigenvalue weighted by molar-refractivity contribution is 6.30. The van der Waals surface area contributed by atoms with E-state index in [1.165, 1.54) is 38.5 Å². The number of nitrogens with one attached hydrogen (secondary N) is 2. The van der Waals surface area contributed by atoms with E-state index < -0.39 is 11.6 Å². The van der Waals surface area contributed by atoms with Crippen molar-refractivity contribution in [2.45, 2.75) is 70.4 Å². The molecule has 4 saturated carbocycles. The van der Waals surface area contributed by atoms with Gasteiger partial charge in [0, 0.05) is 11.1 Å². The van der Waals surface area contributed by atoms with Crippen LogP contribution in [0, 0.1) is 23.2 Å². The van der Waals surface area contributed by atoms with Crippen molar-refractivity contribution in [3.63, 3.8) is 0 Å². The minimum absolute atomic E-state index is 0.0522. The largest absolute Gasteiger partial charge is 0.352 e. The first-order valence-corrected chi connectivity index (χ1v) is 12.3. The van der Waals surface area contributed by atoms with E-state index >= 15 is 0 Å². The second-order valence-electron chi connectivity index (χ2n) is 10.7. The van der Waals surface area contributed by atoms with Crippen LogP contribution in [0.25, 0.3) is 0 Å². The van der Waals surface area contributed by atoms with Crippen molar-refractivity contribution in [1.82, 2.24) is 15.5 Å². The molecule has 6 nitrogen and oxygen atoms in total. The first-order valence-electron chi connectivity index (χ1n) is 11.9. The average molecular weight is 458 g/mol. The van der Waals surface area contributed by atoms with Crippen LogP contribution in [-0.4, -0.2) is 35.3 Å². The molecule has 0 spiro atoms. The molecule has 4 bridgehead atoms. The lowest BCUT2D eigenvalue weighted by Crippen LogP contribution is -2.57. The Morgan fingerprint density at radius 1 is 1.12 bits per heavy atom. The first kappa shape index (κ1) is 21.7. The summed E-state index contributed by atoms with van der Waals surface area (Å²) in [6.45, 7) is 3.71. The minimum Gasteiger partial charge on any atom is -0.352 e. The van der Waals surface area contributed by atoms with Gasteiger partial charge in [0.05, 0.1) is 0 Å². The molecule has 4 amide bonds. The molecule has 0 aromatic heterocycles. The van der Waals surface area contributed by atoms with Crippen LogP contribution in [0.15, 0.2) is 24.3 Å². The Hall–Kier alpha value is -2.08. The van der Waals surface area contributed by atoms with Gasteiger partial charge < -0.3 is 10.6 Å². The zero-order chi connectivity index (χ0) is 22.7. The summed E-state index contributed by atoms with van der Waals surface area (Å²) in [7, 11) is 0. The molecule has 1 aromatic rings. The van der Waals surface area contributed by atoms with Gasteiger partial charge in [0.15, 0.2) is 0 Å². The van der Waals surface area contributed by atoms with E-state index in [1.807, 2.05) is 6.92 Å². The molecule has 2 atom stereocenters. The third kappa shape index (κ3) is 3.42. The van der Waals surface area contributed by atoms with Crippen LogP contribution in [0.5, 0.6) is 0 Å². The van der Waals surface area contributed by atoms with Gasteiger partial charge in [-0.2, -0.15) is 0 Å². The highest BCUT2D eigenvalue weighted by Crippen LogP contribution is 2.61. The minimum atomic E-state index is -1.16. The van der Waals surface area contributed by atoms with E-state index in [2.05, 4.69) is 17.6 Å². The maximum Gasteiger partial charge on any atom is 0.325 e. The normalized spacial score (nSPS) is 36.3. The summed E-state index contributed by atoms with van der Waals surface area (Å²) in [5.41, 5.74) is -0.307. The summed E-state index contributed by atoms with van der Waals surface area (Å²) in [4.78, 5) is 40.1. The van der Waals surface area contributed by atoms with Gasteiger partial charge in [0.25, 0.3) is 5.91 Å². The van der Waals surface area contributed by atoms with Gasteiger partial charge in [0.2, 0.25) is 5.91 Å². The van der Waals surface area contributed by atoms with Crippen molar-refractivity contribution in [2.24, 2.45) is 23.2 Å². The molecule has 5 aliphatic rings. The molecule has 0 unspecified atom stereocenters. The van der Waals surface area contributed by atoms with Crippen LogP contribution < -0.4 is 10.6 Å². The summed E-state index contributed by atoms with van der Waals surface area (Å²) >= 11 is 5.99. The molecule has 1 saturated heterocycles. The summed E-state index contributed by atoms with van der Waals surface area (Å²) in [5, 5.41) is 6.56. The number of urea groups is 1. The van der Waals surface area contributed by atoms with E-state index in [9.17, 15) is 14.4 Å². The number of amides is 4. The van der Waals surface area contributed by atoms with Gasteiger partial charge in [-0.15, -0.1) is 0 Å². The molecule has 0 radical (unpaired) electrons. The Bertz CT molecular complexity index is 911. The fourth-order valence-electron chi connectivity index (χ4n) is 7.44. The maximum absolute atomic E-state index is 13.3.